The van der Waals surface area contributed by atoms with E-state index in [1.165, 1.54) is 0 Å². The molecule has 0 radical (unpaired) electrons. The summed E-state index contributed by atoms with van der Waals surface area (Å²) in [7, 11) is 0. The lowest BCUT2D eigenvalue weighted by Crippen LogP contribution is -2.05. The zero-order valence-electron chi connectivity index (χ0n) is 11.5. The summed E-state index contributed by atoms with van der Waals surface area (Å²) < 4.78 is 4.64. The summed E-state index contributed by atoms with van der Waals surface area (Å²) in [4.78, 5) is 31.0. The fourth-order valence-electron chi connectivity index (χ4n) is 1.07. The molecular weight excluding hydrogens is 236 g/mol. The van der Waals surface area contributed by atoms with E-state index in [1.807, 2.05) is 20.8 Å². The third kappa shape index (κ3) is 17.0. The third-order valence-electron chi connectivity index (χ3n) is 1.92. The first-order valence-corrected chi connectivity index (χ1v) is 6.36. The van der Waals surface area contributed by atoms with E-state index >= 15 is 0 Å². The second kappa shape index (κ2) is 13.7. The molecule has 0 rings (SSSR count). The van der Waals surface area contributed by atoms with Crippen molar-refractivity contribution in [2.24, 2.45) is 0 Å². The number of unbranched alkanes of at least 4 members (excludes halogenated alkanes) is 1. The molecule has 5 nitrogen and oxygen atoms in total. The minimum atomic E-state index is -1.03. The van der Waals surface area contributed by atoms with Crippen LogP contribution in [0, 0.1) is 0 Å². The summed E-state index contributed by atoms with van der Waals surface area (Å²) in [5.74, 6) is -1.29. The molecule has 0 atom stereocenters. The van der Waals surface area contributed by atoms with Crippen LogP contribution in [-0.2, 0) is 19.1 Å². The predicted molar refractivity (Wildman–Crippen MR) is 68.3 cm³/mol. The van der Waals surface area contributed by atoms with Crippen LogP contribution in [0.2, 0.25) is 0 Å². The molecule has 5 heteroatoms. The van der Waals surface area contributed by atoms with Gasteiger partial charge in [0.2, 0.25) is 0 Å². The summed E-state index contributed by atoms with van der Waals surface area (Å²) in [5.41, 5.74) is 0. The van der Waals surface area contributed by atoms with Crippen LogP contribution < -0.4 is 0 Å². The van der Waals surface area contributed by atoms with Gasteiger partial charge < -0.3 is 9.84 Å². The Morgan fingerprint density at radius 2 is 1.61 bits per heavy atom. The Bertz CT molecular complexity index is 240. The summed E-state index contributed by atoms with van der Waals surface area (Å²) in [6.07, 6.45) is 3.24. The highest BCUT2D eigenvalue weighted by Gasteiger charge is 2.05. The molecule has 0 amide bonds. The van der Waals surface area contributed by atoms with Gasteiger partial charge in [0, 0.05) is 12.8 Å². The molecule has 0 aliphatic carbocycles. The zero-order valence-corrected chi connectivity index (χ0v) is 11.5. The topological polar surface area (TPSA) is 80.7 Å². The highest BCUT2D eigenvalue weighted by Crippen LogP contribution is 1.97. The molecule has 0 saturated carbocycles. The SMILES string of the molecule is CCCC(=O)OCC.CCCCC(=O)CC(=O)O. The molecule has 0 aromatic heterocycles. The highest BCUT2D eigenvalue weighted by atomic mass is 16.5. The van der Waals surface area contributed by atoms with Crippen molar-refractivity contribution < 1.29 is 24.2 Å². The maximum absolute atomic E-state index is 10.6. The molecule has 18 heavy (non-hydrogen) atoms. The fourth-order valence-corrected chi connectivity index (χ4v) is 1.07. The Labute approximate surface area is 109 Å². The number of Topliss-reactive ketones (excluding diaryl/α,β-unsaturated/α-hetero) is 1. The molecule has 0 unspecified atom stereocenters. The lowest BCUT2D eigenvalue weighted by molar-refractivity contribution is -0.143. The van der Waals surface area contributed by atoms with Crippen molar-refractivity contribution in [3.8, 4) is 0 Å². The van der Waals surface area contributed by atoms with Gasteiger partial charge in [-0.15, -0.1) is 0 Å². The van der Waals surface area contributed by atoms with E-state index in [1.54, 1.807) is 0 Å². The van der Waals surface area contributed by atoms with Gasteiger partial charge in [-0.3, -0.25) is 14.4 Å². The number of carboxylic acids is 1. The molecule has 0 aliphatic heterocycles. The van der Waals surface area contributed by atoms with Crippen LogP contribution in [0.15, 0.2) is 0 Å². The summed E-state index contributed by atoms with van der Waals surface area (Å²) in [6.45, 7) is 6.23. The molecule has 0 aromatic carbocycles. The van der Waals surface area contributed by atoms with Crippen molar-refractivity contribution in [2.45, 2.75) is 59.3 Å². The van der Waals surface area contributed by atoms with E-state index in [2.05, 4.69) is 4.74 Å². The number of carbonyl (C=O) groups is 3. The van der Waals surface area contributed by atoms with E-state index in [0.29, 0.717) is 19.4 Å². The highest BCUT2D eigenvalue weighted by molar-refractivity contribution is 5.94. The maximum atomic E-state index is 10.6. The number of aliphatic carboxylic acids is 1. The van der Waals surface area contributed by atoms with Gasteiger partial charge in [0.1, 0.15) is 12.2 Å². The Balaban J connectivity index is 0. The third-order valence-corrected chi connectivity index (χ3v) is 1.92. The zero-order chi connectivity index (χ0) is 14.4. The molecule has 106 valence electrons. The van der Waals surface area contributed by atoms with Crippen LogP contribution >= 0.6 is 0 Å². The number of rotatable bonds is 8. The smallest absolute Gasteiger partial charge is 0.310 e. The molecule has 0 fully saturated rings. The van der Waals surface area contributed by atoms with Crippen molar-refractivity contribution in [2.75, 3.05) is 6.61 Å². The van der Waals surface area contributed by atoms with Crippen LogP contribution in [0.5, 0.6) is 0 Å². The monoisotopic (exact) mass is 260 g/mol. The average molecular weight is 260 g/mol. The van der Waals surface area contributed by atoms with E-state index < -0.39 is 5.97 Å². The lowest BCUT2D eigenvalue weighted by Gasteiger charge is -1.96. The number of carbonyl (C=O) groups excluding carboxylic acids is 2. The second-order valence-corrected chi connectivity index (χ2v) is 3.77. The van der Waals surface area contributed by atoms with Crippen LogP contribution in [0.4, 0.5) is 0 Å². The summed E-state index contributed by atoms with van der Waals surface area (Å²) in [6, 6.07) is 0. The summed E-state index contributed by atoms with van der Waals surface area (Å²) >= 11 is 0. The van der Waals surface area contributed by atoms with Crippen molar-refractivity contribution in [1.82, 2.24) is 0 Å². The van der Waals surface area contributed by atoms with Crippen LogP contribution in [0.1, 0.15) is 59.3 Å². The van der Waals surface area contributed by atoms with Gasteiger partial charge in [0.05, 0.1) is 6.61 Å². The number of esters is 1. The van der Waals surface area contributed by atoms with Crippen molar-refractivity contribution in [3.63, 3.8) is 0 Å². The standard InChI is InChI=1S/C7H12O3.C6H12O2/c1-2-3-4-6(8)5-7(9)10;1-3-5-6(7)8-4-2/h2-5H2,1H3,(H,9,10);3-5H2,1-2H3. The predicted octanol–water partition coefficient (Wildman–Crippen LogP) is 2.57. The molecular formula is C13H24O5. The van der Waals surface area contributed by atoms with E-state index in [4.69, 9.17) is 5.11 Å². The van der Waals surface area contributed by atoms with Gasteiger partial charge in [0.15, 0.2) is 0 Å². The number of carboxylic acid groups (broad SMARTS) is 1. The van der Waals surface area contributed by atoms with Gasteiger partial charge in [-0.25, -0.2) is 0 Å². The van der Waals surface area contributed by atoms with Crippen LogP contribution in [-0.4, -0.2) is 29.4 Å². The Morgan fingerprint density at radius 1 is 1.00 bits per heavy atom. The number of hydrogen-bond donors (Lipinski definition) is 1. The van der Waals surface area contributed by atoms with Crippen LogP contribution in [0.3, 0.4) is 0 Å². The minimum Gasteiger partial charge on any atom is -0.481 e. The van der Waals surface area contributed by atoms with Crippen molar-refractivity contribution in [1.29, 1.82) is 0 Å². The van der Waals surface area contributed by atoms with Gasteiger partial charge in [-0.05, 0) is 19.8 Å². The molecule has 0 aliphatic rings. The van der Waals surface area contributed by atoms with Gasteiger partial charge in [-0.2, -0.15) is 0 Å². The van der Waals surface area contributed by atoms with Gasteiger partial charge in [-0.1, -0.05) is 20.3 Å². The second-order valence-electron chi connectivity index (χ2n) is 3.77. The first-order valence-electron chi connectivity index (χ1n) is 6.36. The molecule has 0 aromatic rings. The lowest BCUT2D eigenvalue weighted by atomic mass is 10.1. The van der Waals surface area contributed by atoms with Gasteiger partial charge in [0.25, 0.3) is 0 Å². The average Bonchev–Trinajstić information content (AvgIpc) is 2.27. The molecule has 0 saturated heterocycles. The van der Waals surface area contributed by atoms with E-state index in [0.717, 1.165) is 19.3 Å². The van der Waals surface area contributed by atoms with Crippen molar-refractivity contribution in [3.05, 3.63) is 0 Å². The van der Waals surface area contributed by atoms with Crippen LogP contribution in [0.25, 0.3) is 0 Å². The fraction of sp³-hybridized carbons (Fsp3) is 0.769. The normalized spacial score (nSPS) is 9.06. The number of ether oxygens (including phenoxy) is 1. The molecule has 1 N–H and O–H groups in total. The minimum absolute atomic E-state index is 0.0880. The van der Waals surface area contributed by atoms with E-state index in [-0.39, 0.29) is 18.2 Å². The van der Waals surface area contributed by atoms with E-state index in [9.17, 15) is 14.4 Å². The van der Waals surface area contributed by atoms with Crippen molar-refractivity contribution >= 4 is 17.7 Å². The summed E-state index contributed by atoms with van der Waals surface area (Å²) in [5, 5.41) is 8.16. The quantitative estimate of drug-likeness (QED) is 0.536. The Morgan fingerprint density at radius 3 is 2.00 bits per heavy atom. The first-order chi connectivity index (χ1) is 8.47. The Hall–Kier alpha value is -1.39. The number of hydrogen-bond acceptors (Lipinski definition) is 4. The Kier molecular flexibility index (Phi) is 14.4. The number of ketones is 1. The largest absolute Gasteiger partial charge is 0.481 e. The maximum Gasteiger partial charge on any atom is 0.310 e. The molecule has 0 heterocycles. The van der Waals surface area contributed by atoms with Gasteiger partial charge >= 0.3 is 11.9 Å². The molecule has 0 spiro atoms. The first kappa shape index (κ1) is 19.0. The molecule has 0 bridgehead atoms.